The summed E-state index contributed by atoms with van der Waals surface area (Å²) in [5, 5.41) is 5.93. The van der Waals surface area contributed by atoms with Crippen molar-refractivity contribution in [2.24, 2.45) is 5.41 Å². The van der Waals surface area contributed by atoms with E-state index >= 15 is 0 Å². The number of thiophene rings is 1. The SMILES string of the molecule is CCNC(Cc1sccc1Br)C1(C)CCCCC1. The fourth-order valence-electron chi connectivity index (χ4n) is 3.18. The van der Waals surface area contributed by atoms with Crippen LogP contribution >= 0.6 is 27.3 Å². The van der Waals surface area contributed by atoms with Gasteiger partial charge >= 0.3 is 0 Å². The fraction of sp³-hybridized carbons (Fsp3) is 0.733. The Hall–Kier alpha value is 0.140. The minimum atomic E-state index is 0.484. The number of nitrogens with one attached hydrogen (secondary N) is 1. The maximum atomic E-state index is 3.74. The second kappa shape index (κ2) is 6.53. The zero-order valence-electron chi connectivity index (χ0n) is 11.5. The van der Waals surface area contributed by atoms with E-state index in [2.05, 4.69) is 46.5 Å². The van der Waals surface area contributed by atoms with Crippen LogP contribution in [0.25, 0.3) is 0 Å². The van der Waals surface area contributed by atoms with E-state index in [-0.39, 0.29) is 0 Å². The summed E-state index contributed by atoms with van der Waals surface area (Å²) in [5.41, 5.74) is 0.484. The summed E-state index contributed by atoms with van der Waals surface area (Å²) in [7, 11) is 0. The normalized spacial score (nSPS) is 20.8. The fourth-order valence-corrected chi connectivity index (χ4v) is 4.74. The Morgan fingerprint density at radius 2 is 2.11 bits per heavy atom. The molecule has 1 aliphatic rings. The second-order valence-electron chi connectivity index (χ2n) is 5.72. The van der Waals surface area contributed by atoms with Gasteiger partial charge in [-0.2, -0.15) is 0 Å². The van der Waals surface area contributed by atoms with Crippen LogP contribution < -0.4 is 5.32 Å². The van der Waals surface area contributed by atoms with Crippen molar-refractivity contribution in [1.82, 2.24) is 5.32 Å². The highest BCUT2D eigenvalue weighted by atomic mass is 79.9. The van der Waals surface area contributed by atoms with E-state index in [1.165, 1.54) is 47.9 Å². The van der Waals surface area contributed by atoms with Gasteiger partial charge in [0.2, 0.25) is 0 Å². The Kier molecular flexibility index (Phi) is 5.28. The largest absolute Gasteiger partial charge is 0.313 e. The van der Waals surface area contributed by atoms with Crippen LogP contribution in [0.15, 0.2) is 15.9 Å². The van der Waals surface area contributed by atoms with Gasteiger partial charge in [0, 0.05) is 15.4 Å². The van der Waals surface area contributed by atoms with Crippen molar-refractivity contribution in [2.75, 3.05) is 6.54 Å². The van der Waals surface area contributed by atoms with Crippen LogP contribution in [0.1, 0.15) is 50.8 Å². The van der Waals surface area contributed by atoms with Crippen molar-refractivity contribution in [1.29, 1.82) is 0 Å². The third kappa shape index (κ3) is 3.37. The van der Waals surface area contributed by atoms with E-state index in [0.717, 1.165) is 6.54 Å². The van der Waals surface area contributed by atoms with Crippen LogP contribution in [0.4, 0.5) is 0 Å². The molecule has 1 aromatic heterocycles. The zero-order valence-corrected chi connectivity index (χ0v) is 13.9. The van der Waals surface area contributed by atoms with Crippen molar-refractivity contribution in [2.45, 2.75) is 58.4 Å². The summed E-state index contributed by atoms with van der Waals surface area (Å²) in [6.45, 7) is 5.78. The molecule has 0 aromatic carbocycles. The lowest BCUT2D eigenvalue weighted by molar-refractivity contribution is 0.145. The number of likely N-dealkylation sites (N-methyl/N-ethyl adjacent to an activating group) is 1. The average Bonchev–Trinajstić information content (AvgIpc) is 2.75. The highest BCUT2D eigenvalue weighted by Gasteiger charge is 2.35. The Bertz CT molecular complexity index is 368. The number of hydrogen-bond acceptors (Lipinski definition) is 2. The van der Waals surface area contributed by atoms with E-state index in [0.29, 0.717) is 11.5 Å². The highest BCUT2D eigenvalue weighted by molar-refractivity contribution is 9.10. The predicted octanol–water partition coefficient (Wildman–Crippen LogP) is 5.00. The van der Waals surface area contributed by atoms with E-state index in [9.17, 15) is 0 Å². The lowest BCUT2D eigenvalue weighted by atomic mass is 9.69. The van der Waals surface area contributed by atoms with Gasteiger partial charge in [0.1, 0.15) is 0 Å². The summed E-state index contributed by atoms with van der Waals surface area (Å²) < 4.78 is 1.29. The number of hydrogen-bond donors (Lipinski definition) is 1. The second-order valence-corrected chi connectivity index (χ2v) is 7.58. The van der Waals surface area contributed by atoms with Crippen LogP contribution in [0, 0.1) is 5.41 Å². The first-order valence-corrected chi connectivity index (χ1v) is 8.78. The van der Waals surface area contributed by atoms with Crippen molar-refractivity contribution >= 4 is 27.3 Å². The molecule has 1 saturated carbocycles. The van der Waals surface area contributed by atoms with Crippen molar-refractivity contribution < 1.29 is 0 Å². The third-order valence-electron chi connectivity index (χ3n) is 4.37. The molecule has 0 radical (unpaired) electrons. The maximum absolute atomic E-state index is 3.74. The number of halogens is 1. The van der Waals surface area contributed by atoms with E-state index < -0.39 is 0 Å². The van der Waals surface area contributed by atoms with Gasteiger partial charge in [-0.3, -0.25) is 0 Å². The first kappa shape index (κ1) is 14.5. The molecule has 0 spiro atoms. The third-order valence-corrected chi connectivity index (χ3v) is 6.32. The average molecular weight is 330 g/mol. The summed E-state index contributed by atoms with van der Waals surface area (Å²) >= 11 is 5.55. The van der Waals surface area contributed by atoms with Gasteiger partial charge in [-0.15, -0.1) is 11.3 Å². The molecule has 0 saturated heterocycles. The molecule has 2 rings (SSSR count). The quantitative estimate of drug-likeness (QED) is 0.801. The van der Waals surface area contributed by atoms with E-state index in [1.807, 2.05) is 11.3 Å². The standard InChI is InChI=1S/C15H24BrNS/c1-3-17-14(11-13-12(16)7-10-18-13)15(2)8-5-4-6-9-15/h7,10,14,17H,3-6,8-9,11H2,1-2H3. The maximum Gasteiger partial charge on any atom is 0.0314 e. The van der Waals surface area contributed by atoms with Gasteiger partial charge in [0.25, 0.3) is 0 Å². The molecule has 0 aliphatic heterocycles. The molecule has 1 N–H and O–H groups in total. The van der Waals surface area contributed by atoms with Crippen LogP contribution in [0.5, 0.6) is 0 Å². The van der Waals surface area contributed by atoms with Gasteiger partial charge in [-0.25, -0.2) is 0 Å². The summed E-state index contributed by atoms with van der Waals surface area (Å²) in [5.74, 6) is 0. The molecule has 1 aliphatic carbocycles. The lowest BCUT2D eigenvalue weighted by Gasteiger charge is -2.41. The van der Waals surface area contributed by atoms with Crippen LogP contribution in [0.2, 0.25) is 0 Å². The Morgan fingerprint density at radius 1 is 1.39 bits per heavy atom. The van der Waals surface area contributed by atoms with Gasteiger partial charge < -0.3 is 5.32 Å². The van der Waals surface area contributed by atoms with Gasteiger partial charge in [-0.1, -0.05) is 33.1 Å². The molecule has 1 heterocycles. The highest BCUT2D eigenvalue weighted by Crippen LogP contribution is 2.40. The number of rotatable bonds is 5. The molecule has 1 aromatic rings. The van der Waals surface area contributed by atoms with E-state index in [1.54, 1.807) is 0 Å². The van der Waals surface area contributed by atoms with Gasteiger partial charge in [0.05, 0.1) is 0 Å². The monoisotopic (exact) mass is 329 g/mol. The molecule has 1 nitrogen and oxygen atoms in total. The predicted molar refractivity (Wildman–Crippen MR) is 84.4 cm³/mol. The van der Waals surface area contributed by atoms with Gasteiger partial charge in [-0.05, 0) is 58.6 Å². The van der Waals surface area contributed by atoms with Crippen LogP contribution in [0.3, 0.4) is 0 Å². The molecule has 18 heavy (non-hydrogen) atoms. The molecule has 3 heteroatoms. The molecule has 0 amide bonds. The minimum Gasteiger partial charge on any atom is -0.313 e. The molecule has 1 atom stereocenters. The van der Waals surface area contributed by atoms with Crippen molar-refractivity contribution in [3.63, 3.8) is 0 Å². The molecular formula is C15H24BrNS. The zero-order chi connectivity index (χ0) is 13.0. The Labute approximate surface area is 123 Å². The summed E-state index contributed by atoms with van der Waals surface area (Å²) in [6, 6.07) is 2.80. The molecule has 1 fully saturated rings. The first-order chi connectivity index (χ1) is 8.65. The first-order valence-electron chi connectivity index (χ1n) is 7.11. The molecule has 1 unspecified atom stereocenters. The summed E-state index contributed by atoms with van der Waals surface area (Å²) in [4.78, 5) is 1.49. The van der Waals surface area contributed by atoms with Crippen LogP contribution in [-0.2, 0) is 6.42 Å². The van der Waals surface area contributed by atoms with Crippen molar-refractivity contribution in [3.8, 4) is 0 Å². The molecular weight excluding hydrogens is 306 g/mol. The van der Waals surface area contributed by atoms with Crippen LogP contribution in [-0.4, -0.2) is 12.6 Å². The smallest absolute Gasteiger partial charge is 0.0314 e. The van der Waals surface area contributed by atoms with Gasteiger partial charge in [0.15, 0.2) is 0 Å². The Morgan fingerprint density at radius 3 is 2.67 bits per heavy atom. The topological polar surface area (TPSA) is 12.0 Å². The minimum absolute atomic E-state index is 0.484. The van der Waals surface area contributed by atoms with E-state index in [4.69, 9.17) is 0 Å². The Balaban J connectivity index is 2.09. The molecule has 102 valence electrons. The lowest BCUT2D eigenvalue weighted by Crippen LogP contribution is -2.46. The molecule has 0 bridgehead atoms. The summed E-state index contributed by atoms with van der Waals surface area (Å²) in [6.07, 6.45) is 8.18. The van der Waals surface area contributed by atoms with Crippen molar-refractivity contribution in [3.05, 3.63) is 20.8 Å².